The normalized spacial score (nSPS) is 15.0. The van der Waals surface area contributed by atoms with Crippen molar-refractivity contribution in [2.24, 2.45) is 0 Å². The lowest BCUT2D eigenvalue weighted by atomic mass is 10.1. The minimum atomic E-state index is -0.716. The highest BCUT2D eigenvalue weighted by Crippen LogP contribution is 2.28. The van der Waals surface area contributed by atoms with Crippen LogP contribution < -0.4 is 21.1 Å². The molecule has 1 aromatic heterocycles. The number of fused-ring (bicyclic) bond motifs is 2. The first-order valence-electron chi connectivity index (χ1n) is 8.93. The molecular weight excluding hydrogens is 360 g/mol. The number of aryl methyl sites for hydroxylation is 1. The molecule has 2 aromatic carbocycles. The van der Waals surface area contributed by atoms with Gasteiger partial charge in [0.2, 0.25) is 0 Å². The molecule has 2 heterocycles. The van der Waals surface area contributed by atoms with Gasteiger partial charge in [0.15, 0.2) is 11.8 Å². The van der Waals surface area contributed by atoms with Crippen LogP contribution in [0.1, 0.15) is 23.0 Å². The predicted octanol–water partition coefficient (Wildman–Crippen LogP) is 1.18. The van der Waals surface area contributed by atoms with E-state index in [-0.39, 0.29) is 11.3 Å². The Kier molecular flexibility index (Phi) is 4.52. The van der Waals surface area contributed by atoms with Crippen molar-refractivity contribution >= 4 is 22.6 Å². The smallest absolute Gasteiger partial charge is 0.290 e. The van der Waals surface area contributed by atoms with Gasteiger partial charge < -0.3 is 4.74 Å². The second-order valence-corrected chi connectivity index (χ2v) is 6.38. The third-order valence-corrected chi connectivity index (χ3v) is 4.62. The van der Waals surface area contributed by atoms with Crippen molar-refractivity contribution in [3.05, 3.63) is 70.1 Å². The number of carbonyl (C=O) groups excluding carboxylic acids is 2. The second kappa shape index (κ2) is 7.15. The van der Waals surface area contributed by atoms with E-state index in [9.17, 15) is 14.4 Å². The van der Waals surface area contributed by atoms with Gasteiger partial charge >= 0.3 is 0 Å². The minimum Gasteiger partial charge on any atom is -0.480 e. The summed E-state index contributed by atoms with van der Waals surface area (Å²) >= 11 is 0. The number of nitrogens with one attached hydrogen (secondary N) is 2. The van der Waals surface area contributed by atoms with Gasteiger partial charge in [-0.05, 0) is 24.6 Å². The fourth-order valence-corrected chi connectivity index (χ4v) is 3.20. The van der Waals surface area contributed by atoms with Gasteiger partial charge in [0.05, 0.1) is 5.39 Å². The molecule has 0 bridgehead atoms. The van der Waals surface area contributed by atoms with Crippen LogP contribution in [0.4, 0.5) is 0 Å². The Bertz CT molecular complexity index is 1110. The maximum Gasteiger partial charge on any atom is 0.290 e. The van der Waals surface area contributed by atoms with E-state index in [2.05, 4.69) is 16.0 Å². The van der Waals surface area contributed by atoms with Gasteiger partial charge in [-0.2, -0.15) is 5.10 Å². The monoisotopic (exact) mass is 378 g/mol. The molecule has 0 saturated carbocycles. The first-order chi connectivity index (χ1) is 13.6. The van der Waals surface area contributed by atoms with Crippen molar-refractivity contribution in [1.82, 2.24) is 20.6 Å². The van der Waals surface area contributed by atoms with Gasteiger partial charge in [-0.1, -0.05) is 36.4 Å². The summed E-state index contributed by atoms with van der Waals surface area (Å²) in [7, 11) is 0. The van der Waals surface area contributed by atoms with Crippen molar-refractivity contribution in [2.45, 2.75) is 26.0 Å². The molecule has 1 aliphatic rings. The highest BCUT2D eigenvalue weighted by molar-refractivity contribution is 6.05. The first kappa shape index (κ1) is 17.7. The lowest BCUT2D eigenvalue weighted by Gasteiger charge is -2.13. The Morgan fingerprint density at radius 2 is 1.82 bits per heavy atom. The zero-order valence-corrected chi connectivity index (χ0v) is 15.1. The van der Waals surface area contributed by atoms with Crippen molar-refractivity contribution < 1.29 is 14.3 Å². The van der Waals surface area contributed by atoms with Crippen LogP contribution in [0, 0.1) is 0 Å². The van der Waals surface area contributed by atoms with Crippen LogP contribution in [0.5, 0.6) is 5.75 Å². The third kappa shape index (κ3) is 3.09. The van der Waals surface area contributed by atoms with Gasteiger partial charge in [-0.15, -0.1) is 0 Å². The Morgan fingerprint density at radius 1 is 1.11 bits per heavy atom. The molecule has 0 unspecified atom stereocenters. The fourth-order valence-electron chi connectivity index (χ4n) is 3.20. The lowest BCUT2D eigenvalue weighted by Crippen LogP contribution is -2.48. The summed E-state index contributed by atoms with van der Waals surface area (Å²) in [4.78, 5) is 37.4. The molecule has 8 heteroatoms. The molecule has 3 aromatic rings. The van der Waals surface area contributed by atoms with Crippen LogP contribution in [0.15, 0.2) is 53.3 Å². The largest absolute Gasteiger partial charge is 0.480 e. The topological polar surface area (TPSA) is 102 Å². The maximum absolute atomic E-state index is 12.6. The Hall–Kier alpha value is -3.68. The SMILES string of the molecule is CCn1nc(C(=O)NNC(=O)[C@H]2Cc3ccccc3O2)c2ccccc2c1=O. The molecule has 1 aliphatic heterocycles. The summed E-state index contributed by atoms with van der Waals surface area (Å²) in [5.41, 5.74) is 5.49. The summed E-state index contributed by atoms with van der Waals surface area (Å²) in [5.74, 6) is -0.406. The number of nitrogens with zero attached hydrogens (tertiary/aromatic N) is 2. The van der Waals surface area contributed by atoms with Crippen LogP contribution in [-0.4, -0.2) is 27.7 Å². The number of hydrazine groups is 1. The molecule has 0 radical (unpaired) electrons. The molecule has 142 valence electrons. The molecule has 0 aliphatic carbocycles. The van der Waals surface area contributed by atoms with Crippen LogP contribution in [0.3, 0.4) is 0 Å². The van der Waals surface area contributed by atoms with Gasteiger partial charge in [0, 0.05) is 18.4 Å². The molecular formula is C20H18N4O4. The molecule has 0 fully saturated rings. The number of aromatic nitrogens is 2. The van der Waals surface area contributed by atoms with E-state index in [0.717, 1.165) is 5.56 Å². The number of hydrogen-bond donors (Lipinski definition) is 2. The van der Waals surface area contributed by atoms with E-state index < -0.39 is 17.9 Å². The van der Waals surface area contributed by atoms with Gasteiger partial charge in [-0.3, -0.25) is 25.2 Å². The first-order valence-corrected chi connectivity index (χ1v) is 8.93. The zero-order valence-electron chi connectivity index (χ0n) is 15.1. The average molecular weight is 378 g/mol. The molecule has 2 amide bonds. The van der Waals surface area contributed by atoms with Crippen LogP contribution in [-0.2, 0) is 17.8 Å². The summed E-state index contributed by atoms with van der Waals surface area (Å²) in [6.45, 7) is 2.09. The van der Waals surface area contributed by atoms with Crippen molar-refractivity contribution in [3.63, 3.8) is 0 Å². The fraction of sp³-hybridized carbons (Fsp3) is 0.200. The molecule has 1 atom stereocenters. The highest BCUT2D eigenvalue weighted by atomic mass is 16.5. The van der Waals surface area contributed by atoms with E-state index in [1.165, 1.54) is 4.68 Å². The molecule has 2 N–H and O–H groups in total. The number of ether oxygens (including phenoxy) is 1. The lowest BCUT2D eigenvalue weighted by molar-refractivity contribution is -0.128. The number of benzene rings is 2. The quantitative estimate of drug-likeness (QED) is 0.667. The van der Waals surface area contributed by atoms with E-state index in [1.807, 2.05) is 18.2 Å². The average Bonchev–Trinajstić information content (AvgIpc) is 3.16. The van der Waals surface area contributed by atoms with Crippen LogP contribution >= 0.6 is 0 Å². The third-order valence-electron chi connectivity index (χ3n) is 4.62. The zero-order chi connectivity index (χ0) is 19.7. The highest BCUT2D eigenvalue weighted by Gasteiger charge is 2.29. The number of hydrogen-bond acceptors (Lipinski definition) is 5. The Labute approximate surface area is 160 Å². The maximum atomic E-state index is 12.6. The van der Waals surface area contributed by atoms with Crippen LogP contribution in [0.2, 0.25) is 0 Å². The van der Waals surface area contributed by atoms with Crippen molar-refractivity contribution in [1.29, 1.82) is 0 Å². The van der Waals surface area contributed by atoms with Crippen molar-refractivity contribution in [3.8, 4) is 5.75 Å². The Balaban J connectivity index is 1.51. The molecule has 8 nitrogen and oxygen atoms in total. The summed E-state index contributed by atoms with van der Waals surface area (Å²) in [6.07, 6.45) is -0.285. The van der Waals surface area contributed by atoms with Gasteiger partial charge in [0.1, 0.15) is 5.75 Å². The van der Waals surface area contributed by atoms with E-state index in [0.29, 0.717) is 29.5 Å². The van der Waals surface area contributed by atoms with Gasteiger partial charge in [0.25, 0.3) is 17.4 Å². The van der Waals surface area contributed by atoms with E-state index in [1.54, 1.807) is 37.3 Å². The van der Waals surface area contributed by atoms with Crippen LogP contribution in [0.25, 0.3) is 10.8 Å². The molecule has 0 spiro atoms. The number of rotatable bonds is 3. The van der Waals surface area contributed by atoms with E-state index >= 15 is 0 Å². The van der Waals surface area contributed by atoms with E-state index in [4.69, 9.17) is 4.74 Å². The number of carbonyl (C=O) groups is 2. The summed E-state index contributed by atoms with van der Waals surface area (Å²) in [6, 6.07) is 14.1. The number of amides is 2. The standard InChI is InChI=1S/C20H18N4O4/c1-2-24-20(27)14-9-5-4-8-13(14)17(23-24)19(26)22-21-18(25)16-11-12-7-3-6-10-15(12)28-16/h3-10,16H,2,11H2,1H3,(H,21,25)(H,22,26)/t16-/m1/s1. The summed E-state index contributed by atoms with van der Waals surface area (Å²) in [5, 5.41) is 4.95. The van der Waals surface area contributed by atoms with Crippen molar-refractivity contribution in [2.75, 3.05) is 0 Å². The summed E-state index contributed by atoms with van der Waals surface area (Å²) < 4.78 is 6.82. The Morgan fingerprint density at radius 3 is 2.57 bits per heavy atom. The molecule has 28 heavy (non-hydrogen) atoms. The van der Waals surface area contributed by atoms with Gasteiger partial charge in [-0.25, -0.2) is 4.68 Å². The predicted molar refractivity (Wildman–Crippen MR) is 102 cm³/mol. The number of para-hydroxylation sites is 1. The second-order valence-electron chi connectivity index (χ2n) is 6.38. The minimum absolute atomic E-state index is 0.0629. The molecule has 4 rings (SSSR count). The molecule has 0 saturated heterocycles.